The highest BCUT2D eigenvalue weighted by atomic mass is 32.1. The summed E-state index contributed by atoms with van der Waals surface area (Å²) < 4.78 is 16.0. The molecule has 0 spiro atoms. The summed E-state index contributed by atoms with van der Waals surface area (Å²) in [5.41, 5.74) is 1.58. The molecular weight excluding hydrogens is 384 g/mol. The number of nitrogens with one attached hydrogen (secondary N) is 1. The van der Waals surface area contributed by atoms with Crippen LogP contribution in [0.3, 0.4) is 0 Å². The van der Waals surface area contributed by atoms with Gasteiger partial charge >= 0.3 is 0 Å². The number of benzene rings is 1. The Bertz CT molecular complexity index is 854. The van der Waals surface area contributed by atoms with Gasteiger partial charge in [0.2, 0.25) is 5.75 Å². The number of carbonyl (C=O) groups excluding carboxylic acids is 1. The minimum atomic E-state index is -0.232. The lowest BCUT2D eigenvalue weighted by Gasteiger charge is -2.18. The van der Waals surface area contributed by atoms with Crippen molar-refractivity contribution in [1.29, 1.82) is 0 Å². The predicted octanol–water partition coefficient (Wildman–Crippen LogP) is 3.94. The van der Waals surface area contributed by atoms with Gasteiger partial charge in [0.15, 0.2) is 11.5 Å². The number of methoxy groups -OCH3 is 3. The van der Waals surface area contributed by atoms with Crippen LogP contribution < -0.4 is 19.5 Å². The van der Waals surface area contributed by atoms with Crippen LogP contribution in [-0.4, -0.2) is 32.2 Å². The van der Waals surface area contributed by atoms with Crippen molar-refractivity contribution in [2.45, 2.75) is 12.5 Å². The number of amides is 1. The summed E-state index contributed by atoms with van der Waals surface area (Å²) in [4.78, 5) is 17.3. The van der Waals surface area contributed by atoms with Gasteiger partial charge in [0.1, 0.15) is 5.01 Å². The number of thiazole rings is 1. The Morgan fingerprint density at radius 1 is 1.15 bits per heavy atom. The molecule has 8 heteroatoms. The van der Waals surface area contributed by atoms with Crippen molar-refractivity contribution in [3.63, 3.8) is 0 Å². The molecule has 3 rings (SSSR count). The van der Waals surface area contributed by atoms with Gasteiger partial charge in [0.05, 0.1) is 27.4 Å². The van der Waals surface area contributed by atoms with Crippen LogP contribution >= 0.6 is 22.7 Å². The SMILES string of the molecule is COc1cc(C(=O)N[C@@H](Cc2ccsc2)c2nccs2)cc(OC)c1OC. The topological polar surface area (TPSA) is 69.7 Å². The van der Waals surface area contributed by atoms with Crippen LogP contribution in [0.25, 0.3) is 0 Å². The summed E-state index contributed by atoms with van der Waals surface area (Å²) in [5, 5.41) is 9.94. The van der Waals surface area contributed by atoms with Crippen molar-refractivity contribution in [2.75, 3.05) is 21.3 Å². The summed E-state index contributed by atoms with van der Waals surface area (Å²) in [6, 6.07) is 5.11. The molecule has 1 atom stereocenters. The molecular formula is C19H20N2O4S2. The third kappa shape index (κ3) is 4.40. The van der Waals surface area contributed by atoms with Crippen LogP contribution in [-0.2, 0) is 6.42 Å². The first-order valence-corrected chi connectivity index (χ1v) is 9.99. The second-order valence-electron chi connectivity index (χ2n) is 5.65. The first-order valence-electron chi connectivity index (χ1n) is 8.17. The number of carbonyl (C=O) groups is 1. The zero-order chi connectivity index (χ0) is 19.2. The molecule has 0 radical (unpaired) electrons. The minimum absolute atomic E-state index is 0.216. The molecule has 0 aliphatic rings. The molecule has 0 bridgehead atoms. The van der Waals surface area contributed by atoms with Crippen LogP contribution in [0.4, 0.5) is 0 Å². The summed E-state index contributed by atoms with van der Waals surface area (Å²) in [5.74, 6) is 1.09. The molecule has 2 aromatic heterocycles. The van der Waals surface area contributed by atoms with Gasteiger partial charge in [-0.05, 0) is 34.5 Å². The molecule has 0 unspecified atom stereocenters. The summed E-state index contributed by atoms with van der Waals surface area (Å²) >= 11 is 3.15. The Balaban J connectivity index is 1.87. The summed E-state index contributed by atoms with van der Waals surface area (Å²) in [6.45, 7) is 0. The third-order valence-electron chi connectivity index (χ3n) is 4.00. The molecule has 1 amide bonds. The maximum atomic E-state index is 12.9. The van der Waals surface area contributed by atoms with Crippen LogP contribution in [0.15, 0.2) is 40.5 Å². The van der Waals surface area contributed by atoms with Gasteiger partial charge < -0.3 is 19.5 Å². The average molecular weight is 405 g/mol. The van der Waals surface area contributed by atoms with E-state index in [4.69, 9.17) is 14.2 Å². The fourth-order valence-corrected chi connectivity index (χ4v) is 4.08. The molecule has 1 N–H and O–H groups in total. The predicted molar refractivity (Wildman–Crippen MR) is 106 cm³/mol. The van der Waals surface area contributed by atoms with Crippen LogP contribution in [0.5, 0.6) is 17.2 Å². The highest BCUT2D eigenvalue weighted by molar-refractivity contribution is 7.09. The van der Waals surface area contributed by atoms with Gasteiger partial charge in [-0.15, -0.1) is 11.3 Å². The van der Waals surface area contributed by atoms with Crippen molar-refractivity contribution in [1.82, 2.24) is 10.3 Å². The van der Waals surface area contributed by atoms with E-state index < -0.39 is 0 Å². The Morgan fingerprint density at radius 3 is 2.41 bits per heavy atom. The monoisotopic (exact) mass is 404 g/mol. The second kappa shape index (κ2) is 8.88. The van der Waals surface area contributed by atoms with E-state index >= 15 is 0 Å². The van der Waals surface area contributed by atoms with Gasteiger partial charge in [0, 0.05) is 23.6 Å². The molecule has 0 saturated heterocycles. The highest BCUT2D eigenvalue weighted by Gasteiger charge is 2.22. The van der Waals surface area contributed by atoms with E-state index in [-0.39, 0.29) is 11.9 Å². The normalized spacial score (nSPS) is 11.7. The van der Waals surface area contributed by atoms with Crippen molar-refractivity contribution in [2.24, 2.45) is 0 Å². The molecule has 27 heavy (non-hydrogen) atoms. The lowest BCUT2D eigenvalue weighted by Crippen LogP contribution is -2.30. The van der Waals surface area contributed by atoms with Crippen LogP contribution in [0.1, 0.15) is 27.0 Å². The molecule has 0 fully saturated rings. The standard InChI is InChI=1S/C19H20N2O4S2/c1-23-15-9-13(10-16(24-2)17(15)25-3)18(22)21-14(19-20-5-7-27-19)8-12-4-6-26-11-12/h4-7,9-11,14H,8H2,1-3H3,(H,21,22)/t14-/m0/s1. The quantitative estimate of drug-likeness (QED) is 0.616. The van der Waals surface area contributed by atoms with E-state index in [2.05, 4.69) is 21.7 Å². The Kier molecular flexibility index (Phi) is 6.31. The number of hydrogen-bond donors (Lipinski definition) is 1. The minimum Gasteiger partial charge on any atom is -0.493 e. The number of hydrogen-bond acceptors (Lipinski definition) is 7. The Hall–Kier alpha value is -2.58. The molecule has 0 saturated carbocycles. The van der Waals surface area contributed by atoms with Gasteiger partial charge in [0.25, 0.3) is 5.91 Å². The zero-order valence-corrected chi connectivity index (χ0v) is 16.9. The van der Waals surface area contributed by atoms with Gasteiger partial charge in [-0.2, -0.15) is 11.3 Å². The average Bonchev–Trinajstić information content (AvgIpc) is 3.40. The molecule has 3 aromatic rings. The van der Waals surface area contributed by atoms with E-state index in [1.54, 1.807) is 29.7 Å². The van der Waals surface area contributed by atoms with Crippen molar-refractivity contribution >= 4 is 28.6 Å². The highest BCUT2D eigenvalue weighted by Crippen LogP contribution is 2.38. The van der Waals surface area contributed by atoms with Crippen molar-refractivity contribution in [3.05, 3.63) is 56.7 Å². The fourth-order valence-electron chi connectivity index (χ4n) is 2.70. The van der Waals surface area contributed by atoms with Gasteiger partial charge in [-0.25, -0.2) is 4.98 Å². The van der Waals surface area contributed by atoms with E-state index in [1.165, 1.54) is 32.7 Å². The largest absolute Gasteiger partial charge is 0.493 e. The molecule has 0 aliphatic carbocycles. The van der Waals surface area contributed by atoms with E-state index in [9.17, 15) is 4.79 Å². The molecule has 1 aromatic carbocycles. The Labute approximate surface area is 165 Å². The molecule has 0 aliphatic heterocycles. The van der Waals surface area contributed by atoms with Gasteiger partial charge in [-0.1, -0.05) is 0 Å². The number of ether oxygens (including phenoxy) is 3. The van der Waals surface area contributed by atoms with E-state index in [0.717, 1.165) is 10.6 Å². The zero-order valence-electron chi connectivity index (χ0n) is 15.2. The van der Waals surface area contributed by atoms with Gasteiger partial charge in [-0.3, -0.25) is 4.79 Å². The Morgan fingerprint density at radius 2 is 1.89 bits per heavy atom. The number of rotatable bonds is 8. The van der Waals surface area contributed by atoms with Crippen molar-refractivity contribution < 1.29 is 19.0 Å². The van der Waals surface area contributed by atoms with Crippen LogP contribution in [0, 0.1) is 0 Å². The number of aromatic nitrogens is 1. The van der Waals surface area contributed by atoms with Crippen molar-refractivity contribution in [3.8, 4) is 17.2 Å². The summed E-state index contributed by atoms with van der Waals surface area (Å²) in [7, 11) is 4.57. The molecule has 2 heterocycles. The fraction of sp³-hybridized carbons (Fsp3) is 0.263. The first-order chi connectivity index (χ1) is 13.2. The lowest BCUT2D eigenvalue weighted by molar-refractivity contribution is 0.0935. The smallest absolute Gasteiger partial charge is 0.252 e. The van der Waals surface area contributed by atoms with E-state index in [0.29, 0.717) is 29.2 Å². The third-order valence-corrected chi connectivity index (χ3v) is 5.62. The lowest BCUT2D eigenvalue weighted by atomic mass is 10.1. The number of nitrogens with zero attached hydrogens (tertiary/aromatic N) is 1. The number of thiophene rings is 1. The summed E-state index contributed by atoms with van der Waals surface area (Å²) in [6.07, 6.45) is 2.42. The maximum Gasteiger partial charge on any atom is 0.252 e. The first kappa shape index (κ1) is 19.2. The second-order valence-corrected chi connectivity index (χ2v) is 7.35. The maximum absolute atomic E-state index is 12.9. The molecule has 6 nitrogen and oxygen atoms in total. The van der Waals surface area contributed by atoms with Crippen LogP contribution in [0.2, 0.25) is 0 Å². The van der Waals surface area contributed by atoms with E-state index in [1.807, 2.05) is 10.8 Å². The molecule has 142 valence electrons.